The molecular formula is C15H13ClFN5O. The molecule has 1 atom stereocenters. The van der Waals surface area contributed by atoms with Gasteiger partial charge in [-0.1, -0.05) is 11.6 Å². The number of urea groups is 1. The molecule has 2 aromatic rings. The van der Waals surface area contributed by atoms with Crippen LogP contribution in [0.5, 0.6) is 0 Å². The number of carbonyl (C=O) groups is 1. The molecule has 1 fully saturated rings. The molecule has 2 amide bonds. The Morgan fingerprint density at radius 2 is 2.35 bits per heavy atom. The Hall–Kier alpha value is -2.41. The van der Waals surface area contributed by atoms with Gasteiger partial charge in [0.1, 0.15) is 0 Å². The highest BCUT2D eigenvalue weighted by molar-refractivity contribution is 6.29. The fourth-order valence-corrected chi connectivity index (χ4v) is 3.22. The van der Waals surface area contributed by atoms with E-state index in [0.29, 0.717) is 23.7 Å². The number of amides is 2. The number of nitrogens with zero attached hydrogens (tertiary/aromatic N) is 4. The van der Waals surface area contributed by atoms with Crippen molar-refractivity contribution >= 4 is 34.8 Å². The first-order valence-electron chi connectivity index (χ1n) is 7.25. The van der Waals surface area contributed by atoms with Gasteiger partial charge in [-0.2, -0.15) is 0 Å². The summed E-state index contributed by atoms with van der Waals surface area (Å²) < 4.78 is 13.8. The van der Waals surface area contributed by atoms with Gasteiger partial charge in [0.05, 0.1) is 23.6 Å². The molecule has 23 heavy (non-hydrogen) atoms. The molecule has 0 aliphatic carbocycles. The summed E-state index contributed by atoms with van der Waals surface area (Å²) in [5.41, 5.74) is 1.19. The van der Waals surface area contributed by atoms with Gasteiger partial charge < -0.3 is 10.2 Å². The fourth-order valence-electron chi connectivity index (χ4n) is 3.08. The predicted molar refractivity (Wildman–Crippen MR) is 85.6 cm³/mol. The number of carbonyl (C=O) groups excluding carboxylic acids is 1. The third-order valence-corrected chi connectivity index (χ3v) is 4.39. The maximum atomic E-state index is 13.8. The van der Waals surface area contributed by atoms with Crippen molar-refractivity contribution in [2.75, 3.05) is 28.2 Å². The number of halogens is 2. The highest BCUT2D eigenvalue weighted by Crippen LogP contribution is 2.40. The van der Waals surface area contributed by atoms with Crippen LogP contribution in [0.1, 0.15) is 6.42 Å². The van der Waals surface area contributed by atoms with Crippen LogP contribution in [-0.2, 0) is 0 Å². The lowest BCUT2D eigenvalue weighted by Gasteiger charge is -2.35. The summed E-state index contributed by atoms with van der Waals surface area (Å²) in [7, 11) is 0. The quantitative estimate of drug-likeness (QED) is 0.815. The topological polar surface area (TPSA) is 61.4 Å². The number of rotatable bonds is 1. The SMILES string of the molecule is O=C(Nc1cccnc1)N1c2nc(Cl)c(F)cc2N2CCC1C2. The monoisotopic (exact) mass is 333 g/mol. The number of hydrogen-bond acceptors (Lipinski definition) is 4. The van der Waals surface area contributed by atoms with E-state index in [4.69, 9.17) is 11.6 Å². The molecular weight excluding hydrogens is 321 g/mol. The van der Waals surface area contributed by atoms with Crippen LogP contribution in [0, 0.1) is 5.82 Å². The summed E-state index contributed by atoms with van der Waals surface area (Å²) in [5, 5.41) is 2.57. The lowest BCUT2D eigenvalue weighted by molar-refractivity contribution is 0.255. The Morgan fingerprint density at radius 1 is 1.48 bits per heavy atom. The molecule has 8 heteroatoms. The molecule has 1 N–H and O–H groups in total. The van der Waals surface area contributed by atoms with Crippen molar-refractivity contribution in [3.8, 4) is 0 Å². The van der Waals surface area contributed by atoms with Crippen LogP contribution in [0.3, 0.4) is 0 Å². The molecule has 1 unspecified atom stereocenters. The molecule has 0 spiro atoms. The Balaban J connectivity index is 1.72. The second kappa shape index (κ2) is 5.34. The summed E-state index contributed by atoms with van der Waals surface area (Å²) in [4.78, 5) is 24.4. The van der Waals surface area contributed by atoms with E-state index in [2.05, 4.69) is 15.3 Å². The maximum absolute atomic E-state index is 13.8. The third-order valence-electron chi connectivity index (χ3n) is 4.12. The Morgan fingerprint density at radius 3 is 3.13 bits per heavy atom. The van der Waals surface area contributed by atoms with E-state index in [9.17, 15) is 9.18 Å². The molecule has 0 saturated carbocycles. The standard InChI is InChI=1S/C15H13ClFN5O/c16-13-11(17)6-12-14(20-13)22(10-3-5-21(12)8-10)15(23)19-9-2-1-4-18-7-9/h1-2,4,6-7,10H,3,5,8H2,(H,19,23). The zero-order valence-corrected chi connectivity index (χ0v) is 12.8. The smallest absolute Gasteiger partial charge is 0.327 e. The van der Waals surface area contributed by atoms with E-state index < -0.39 is 5.82 Å². The number of nitrogens with one attached hydrogen (secondary N) is 1. The van der Waals surface area contributed by atoms with Crippen LogP contribution >= 0.6 is 11.6 Å². The minimum atomic E-state index is -0.580. The normalized spacial score (nSPS) is 18.8. The van der Waals surface area contributed by atoms with Crippen molar-refractivity contribution in [3.63, 3.8) is 0 Å². The molecule has 2 aliphatic heterocycles. The molecule has 4 rings (SSSR count). The lowest BCUT2D eigenvalue weighted by Crippen LogP contribution is -2.48. The minimum Gasteiger partial charge on any atom is -0.366 e. The number of fused-ring (bicyclic) bond motifs is 4. The van der Waals surface area contributed by atoms with Gasteiger partial charge in [-0.05, 0) is 18.6 Å². The van der Waals surface area contributed by atoms with E-state index in [-0.39, 0.29) is 17.2 Å². The molecule has 6 nitrogen and oxygen atoms in total. The van der Waals surface area contributed by atoms with E-state index in [1.54, 1.807) is 29.4 Å². The van der Waals surface area contributed by atoms with Gasteiger partial charge in [-0.15, -0.1) is 0 Å². The lowest BCUT2D eigenvalue weighted by atomic mass is 10.2. The van der Waals surface area contributed by atoms with Crippen molar-refractivity contribution in [2.45, 2.75) is 12.5 Å². The van der Waals surface area contributed by atoms with Crippen molar-refractivity contribution in [1.29, 1.82) is 0 Å². The zero-order valence-electron chi connectivity index (χ0n) is 12.0. The zero-order chi connectivity index (χ0) is 16.0. The van der Waals surface area contributed by atoms with Crippen molar-refractivity contribution in [2.24, 2.45) is 0 Å². The highest BCUT2D eigenvalue weighted by atomic mass is 35.5. The summed E-state index contributed by atoms with van der Waals surface area (Å²) in [6, 6.07) is 4.51. The molecule has 2 aliphatic rings. The van der Waals surface area contributed by atoms with Gasteiger partial charge in [0.15, 0.2) is 16.8 Å². The van der Waals surface area contributed by atoms with Crippen molar-refractivity contribution in [3.05, 3.63) is 41.6 Å². The van der Waals surface area contributed by atoms with Crippen molar-refractivity contribution < 1.29 is 9.18 Å². The van der Waals surface area contributed by atoms with E-state index in [0.717, 1.165) is 13.0 Å². The average molecular weight is 334 g/mol. The van der Waals surface area contributed by atoms with Gasteiger partial charge in [0, 0.05) is 25.4 Å². The average Bonchev–Trinajstić information content (AvgIpc) is 2.96. The van der Waals surface area contributed by atoms with Crippen molar-refractivity contribution in [1.82, 2.24) is 9.97 Å². The number of aromatic nitrogens is 2. The van der Waals surface area contributed by atoms with Crippen LogP contribution in [-0.4, -0.2) is 35.1 Å². The van der Waals surface area contributed by atoms with Crippen LogP contribution in [0.25, 0.3) is 0 Å². The fraction of sp³-hybridized carbons (Fsp3) is 0.267. The second-order valence-corrected chi connectivity index (χ2v) is 5.89. The van der Waals surface area contributed by atoms with Gasteiger partial charge in [0.25, 0.3) is 0 Å². The summed E-state index contributed by atoms with van der Waals surface area (Å²) >= 11 is 5.82. The van der Waals surface area contributed by atoms with Gasteiger partial charge >= 0.3 is 6.03 Å². The van der Waals surface area contributed by atoms with Crippen LogP contribution < -0.4 is 15.1 Å². The van der Waals surface area contributed by atoms with E-state index >= 15 is 0 Å². The van der Waals surface area contributed by atoms with Crippen LogP contribution in [0.15, 0.2) is 30.6 Å². The molecule has 1 saturated heterocycles. The minimum absolute atomic E-state index is 0.00630. The Bertz CT molecular complexity index is 772. The number of hydrogen-bond donors (Lipinski definition) is 1. The highest BCUT2D eigenvalue weighted by Gasteiger charge is 2.40. The van der Waals surface area contributed by atoms with Gasteiger partial charge in [-0.3, -0.25) is 9.88 Å². The maximum Gasteiger partial charge on any atom is 0.327 e. The molecule has 4 heterocycles. The van der Waals surface area contributed by atoms with Crippen LogP contribution in [0.4, 0.5) is 26.4 Å². The molecule has 2 aromatic heterocycles. The first kappa shape index (κ1) is 14.2. The first-order chi connectivity index (χ1) is 11.1. The van der Waals surface area contributed by atoms with Gasteiger partial charge in [-0.25, -0.2) is 14.2 Å². The first-order valence-corrected chi connectivity index (χ1v) is 7.62. The Kier molecular flexibility index (Phi) is 3.30. The second-order valence-electron chi connectivity index (χ2n) is 5.53. The summed E-state index contributed by atoms with van der Waals surface area (Å²) in [5.74, 6) is -0.185. The van der Waals surface area contributed by atoms with E-state index in [1.807, 2.05) is 4.90 Å². The molecule has 0 radical (unpaired) electrons. The Labute approximate surface area is 136 Å². The van der Waals surface area contributed by atoms with E-state index in [1.165, 1.54) is 6.07 Å². The molecule has 0 aromatic carbocycles. The largest absolute Gasteiger partial charge is 0.366 e. The third kappa shape index (κ3) is 2.37. The number of anilines is 3. The predicted octanol–water partition coefficient (Wildman–Crippen LogP) is 2.90. The number of pyridine rings is 2. The molecule has 118 valence electrons. The van der Waals surface area contributed by atoms with Gasteiger partial charge in [0.2, 0.25) is 0 Å². The van der Waals surface area contributed by atoms with Crippen LogP contribution in [0.2, 0.25) is 5.15 Å². The molecule has 2 bridgehead atoms. The summed E-state index contributed by atoms with van der Waals surface area (Å²) in [6.07, 6.45) is 4.00. The summed E-state index contributed by atoms with van der Waals surface area (Å²) in [6.45, 7) is 1.42.